The average molecular weight is 177 g/mol. The molecule has 0 amide bonds. The Labute approximate surface area is 70.8 Å². The van der Waals surface area contributed by atoms with Crippen molar-refractivity contribution in [1.29, 1.82) is 0 Å². The molecule has 5 atom stereocenters. The molecule has 5 heteroatoms. The third-order valence-electron chi connectivity index (χ3n) is 2.18. The number of ether oxygens (including phenoxy) is 1. The van der Waals surface area contributed by atoms with Crippen molar-refractivity contribution in [1.82, 2.24) is 0 Å². The van der Waals surface area contributed by atoms with Crippen LogP contribution < -0.4 is 5.73 Å². The summed E-state index contributed by atoms with van der Waals surface area (Å²) in [5.74, 6) is 0. The summed E-state index contributed by atoms with van der Waals surface area (Å²) in [5.41, 5.74) is 5.29. The monoisotopic (exact) mass is 177 g/mol. The van der Waals surface area contributed by atoms with Crippen molar-refractivity contribution in [2.75, 3.05) is 6.54 Å². The normalized spacial score (nSPS) is 49.2. The standard InChI is InChI=1S/C7H15NO4/c1-3-5(9)7(11)6(10)4(2-8)12-3/h3-7,9-11H,2,8H2,1H3/t3-,4?,5-,6+,7?/m1/s1. The molecule has 2 unspecified atom stereocenters. The SMILES string of the molecule is C[C@H]1OC(CN)[C@H](O)C(O)[C@@H]1O. The van der Waals surface area contributed by atoms with Gasteiger partial charge >= 0.3 is 0 Å². The number of nitrogens with two attached hydrogens (primary N) is 1. The van der Waals surface area contributed by atoms with Gasteiger partial charge in [0.1, 0.15) is 18.3 Å². The molecule has 0 aromatic carbocycles. The second-order valence-electron chi connectivity index (χ2n) is 3.09. The molecule has 12 heavy (non-hydrogen) atoms. The van der Waals surface area contributed by atoms with E-state index in [-0.39, 0.29) is 6.54 Å². The predicted molar refractivity (Wildman–Crippen MR) is 41.4 cm³/mol. The first-order valence-corrected chi connectivity index (χ1v) is 3.97. The molecule has 1 saturated heterocycles. The number of aliphatic hydroxyl groups excluding tert-OH is 3. The van der Waals surface area contributed by atoms with Gasteiger partial charge in [0.25, 0.3) is 0 Å². The van der Waals surface area contributed by atoms with Crippen LogP contribution in [-0.4, -0.2) is 52.4 Å². The Balaban J connectivity index is 2.63. The first kappa shape index (κ1) is 9.88. The summed E-state index contributed by atoms with van der Waals surface area (Å²) in [5, 5.41) is 27.8. The minimum absolute atomic E-state index is 0.134. The number of aliphatic hydroxyl groups is 3. The van der Waals surface area contributed by atoms with Crippen LogP contribution >= 0.6 is 0 Å². The molecule has 72 valence electrons. The average Bonchev–Trinajstić information content (AvgIpc) is 2.08. The van der Waals surface area contributed by atoms with Crippen molar-refractivity contribution in [3.63, 3.8) is 0 Å². The third kappa shape index (κ3) is 1.60. The first-order valence-electron chi connectivity index (χ1n) is 3.97. The fourth-order valence-electron chi connectivity index (χ4n) is 1.33. The smallest absolute Gasteiger partial charge is 0.111 e. The van der Waals surface area contributed by atoms with Gasteiger partial charge in [0, 0.05) is 6.54 Å². The van der Waals surface area contributed by atoms with Crippen LogP contribution in [-0.2, 0) is 4.74 Å². The largest absolute Gasteiger partial charge is 0.388 e. The van der Waals surface area contributed by atoms with E-state index in [9.17, 15) is 15.3 Å². The second-order valence-corrected chi connectivity index (χ2v) is 3.09. The Morgan fingerprint density at radius 2 is 1.75 bits per heavy atom. The van der Waals surface area contributed by atoms with Crippen LogP contribution in [0.1, 0.15) is 6.92 Å². The van der Waals surface area contributed by atoms with Crippen molar-refractivity contribution < 1.29 is 20.1 Å². The zero-order valence-electron chi connectivity index (χ0n) is 6.92. The van der Waals surface area contributed by atoms with Gasteiger partial charge in [0.2, 0.25) is 0 Å². The summed E-state index contributed by atoms with van der Waals surface area (Å²) in [4.78, 5) is 0. The Bertz CT molecular complexity index is 150. The molecule has 1 rings (SSSR count). The van der Waals surface area contributed by atoms with Crippen LogP contribution in [0.5, 0.6) is 0 Å². The van der Waals surface area contributed by atoms with Gasteiger partial charge in [0.05, 0.1) is 12.2 Å². The van der Waals surface area contributed by atoms with E-state index in [1.807, 2.05) is 0 Å². The minimum Gasteiger partial charge on any atom is -0.388 e. The highest BCUT2D eigenvalue weighted by atomic mass is 16.5. The molecule has 1 fully saturated rings. The maximum atomic E-state index is 9.31. The predicted octanol–water partition coefficient (Wildman–Crippen LogP) is -2.18. The van der Waals surface area contributed by atoms with E-state index in [1.54, 1.807) is 6.92 Å². The molecule has 1 aliphatic heterocycles. The van der Waals surface area contributed by atoms with Gasteiger partial charge in [-0.25, -0.2) is 0 Å². The van der Waals surface area contributed by atoms with Gasteiger partial charge in [-0.1, -0.05) is 0 Å². The van der Waals surface area contributed by atoms with Crippen molar-refractivity contribution in [3.8, 4) is 0 Å². The molecule has 0 aromatic heterocycles. The lowest BCUT2D eigenvalue weighted by atomic mass is 9.96. The van der Waals surface area contributed by atoms with Crippen LogP contribution in [0, 0.1) is 0 Å². The molecule has 1 heterocycles. The van der Waals surface area contributed by atoms with E-state index < -0.39 is 30.5 Å². The fraction of sp³-hybridized carbons (Fsp3) is 1.00. The number of rotatable bonds is 1. The van der Waals surface area contributed by atoms with E-state index in [1.165, 1.54) is 0 Å². The summed E-state index contributed by atoms with van der Waals surface area (Å²) in [7, 11) is 0. The van der Waals surface area contributed by atoms with Crippen molar-refractivity contribution in [3.05, 3.63) is 0 Å². The van der Waals surface area contributed by atoms with E-state index in [4.69, 9.17) is 10.5 Å². The summed E-state index contributed by atoms with van der Waals surface area (Å²) in [6.07, 6.45) is -4.37. The first-order chi connectivity index (χ1) is 5.57. The van der Waals surface area contributed by atoms with Crippen LogP contribution in [0.2, 0.25) is 0 Å². The molecule has 1 aliphatic rings. The molecule has 0 bridgehead atoms. The highest BCUT2D eigenvalue weighted by Gasteiger charge is 2.40. The summed E-state index contributed by atoms with van der Waals surface area (Å²) < 4.78 is 5.15. The van der Waals surface area contributed by atoms with Gasteiger partial charge in [-0.2, -0.15) is 0 Å². The molecule has 5 N–H and O–H groups in total. The molecule has 0 aliphatic carbocycles. The summed E-state index contributed by atoms with van der Waals surface area (Å²) in [6.45, 7) is 1.76. The summed E-state index contributed by atoms with van der Waals surface area (Å²) in [6, 6.07) is 0. The number of hydrogen-bond donors (Lipinski definition) is 4. The number of hydrogen-bond acceptors (Lipinski definition) is 5. The molecule has 0 spiro atoms. The quantitative estimate of drug-likeness (QED) is 0.365. The van der Waals surface area contributed by atoms with E-state index in [0.717, 1.165) is 0 Å². The van der Waals surface area contributed by atoms with Crippen molar-refractivity contribution in [2.24, 2.45) is 5.73 Å². The van der Waals surface area contributed by atoms with E-state index in [0.29, 0.717) is 0 Å². The fourth-order valence-corrected chi connectivity index (χ4v) is 1.33. The van der Waals surface area contributed by atoms with E-state index in [2.05, 4.69) is 0 Å². The molecular weight excluding hydrogens is 162 g/mol. The zero-order chi connectivity index (χ0) is 9.30. The Kier molecular flexibility index (Phi) is 3.03. The van der Waals surface area contributed by atoms with Crippen LogP contribution in [0.4, 0.5) is 0 Å². The molecule has 0 aromatic rings. The van der Waals surface area contributed by atoms with Crippen LogP contribution in [0.3, 0.4) is 0 Å². The van der Waals surface area contributed by atoms with Crippen molar-refractivity contribution >= 4 is 0 Å². The van der Waals surface area contributed by atoms with Crippen LogP contribution in [0.25, 0.3) is 0 Å². The van der Waals surface area contributed by atoms with Gasteiger partial charge in [-0.3, -0.25) is 0 Å². The lowest BCUT2D eigenvalue weighted by Gasteiger charge is -2.38. The molecule has 0 radical (unpaired) electrons. The Hall–Kier alpha value is -0.200. The second kappa shape index (κ2) is 3.68. The third-order valence-corrected chi connectivity index (χ3v) is 2.18. The highest BCUT2D eigenvalue weighted by molar-refractivity contribution is 4.90. The zero-order valence-corrected chi connectivity index (χ0v) is 6.92. The molecule has 5 nitrogen and oxygen atoms in total. The Morgan fingerprint density at radius 3 is 2.25 bits per heavy atom. The van der Waals surface area contributed by atoms with Gasteiger partial charge in [-0.05, 0) is 6.92 Å². The molecular formula is C7H15NO4. The lowest BCUT2D eigenvalue weighted by molar-refractivity contribution is -0.213. The van der Waals surface area contributed by atoms with E-state index >= 15 is 0 Å². The maximum Gasteiger partial charge on any atom is 0.111 e. The highest BCUT2D eigenvalue weighted by Crippen LogP contribution is 2.19. The van der Waals surface area contributed by atoms with Gasteiger partial charge < -0.3 is 25.8 Å². The lowest BCUT2D eigenvalue weighted by Crippen LogP contribution is -2.58. The Morgan fingerprint density at radius 1 is 1.17 bits per heavy atom. The van der Waals surface area contributed by atoms with Crippen molar-refractivity contribution in [2.45, 2.75) is 37.4 Å². The summed E-state index contributed by atoms with van der Waals surface area (Å²) >= 11 is 0. The van der Waals surface area contributed by atoms with Gasteiger partial charge in [-0.15, -0.1) is 0 Å². The minimum atomic E-state index is -1.16. The topological polar surface area (TPSA) is 95.9 Å². The van der Waals surface area contributed by atoms with Gasteiger partial charge in [0.15, 0.2) is 0 Å². The molecule has 0 saturated carbocycles. The maximum absolute atomic E-state index is 9.31. The van der Waals surface area contributed by atoms with Crippen LogP contribution in [0.15, 0.2) is 0 Å².